The molecule has 0 heterocycles. The van der Waals surface area contributed by atoms with Crippen LogP contribution in [-0.2, 0) is 6.18 Å². The monoisotopic (exact) mass is 289 g/mol. The van der Waals surface area contributed by atoms with Gasteiger partial charge in [-0.2, -0.15) is 13.2 Å². The molecule has 0 amide bonds. The van der Waals surface area contributed by atoms with Gasteiger partial charge in [-0.05, 0) is 24.1 Å². The van der Waals surface area contributed by atoms with Crippen LogP contribution in [0.3, 0.4) is 0 Å². The molecule has 0 aliphatic heterocycles. The molecule has 2 nitrogen and oxygen atoms in total. The van der Waals surface area contributed by atoms with E-state index in [9.17, 15) is 13.2 Å². The fraction of sp³-hybridized carbons (Fsp3) is 0.400. The first-order valence-electron chi connectivity index (χ1n) is 4.59. The molecule has 0 unspecified atom stereocenters. The smallest absolute Gasteiger partial charge is 0.396 e. The van der Waals surface area contributed by atoms with Gasteiger partial charge in [-0.3, -0.25) is 0 Å². The molecule has 0 aliphatic carbocycles. The van der Waals surface area contributed by atoms with Crippen LogP contribution in [0.5, 0.6) is 0 Å². The number of rotatable bonds is 3. The van der Waals surface area contributed by atoms with E-state index in [4.69, 9.17) is 22.4 Å². The molecule has 7 heteroatoms. The predicted molar refractivity (Wildman–Crippen MR) is 62.3 cm³/mol. The van der Waals surface area contributed by atoms with Crippen molar-refractivity contribution in [3.05, 3.63) is 34.3 Å². The first kappa shape index (κ1) is 16.5. The minimum absolute atomic E-state index is 0. The van der Waals surface area contributed by atoms with Gasteiger partial charge in [0.2, 0.25) is 0 Å². The molecule has 1 atom stereocenters. The van der Waals surface area contributed by atoms with E-state index in [1.54, 1.807) is 0 Å². The van der Waals surface area contributed by atoms with Crippen molar-refractivity contribution in [1.82, 2.24) is 0 Å². The molecule has 1 rings (SSSR count). The van der Waals surface area contributed by atoms with Crippen molar-refractivity contribution < 1.29 is 18.3 Å². The molecule has 0 saturated heterocycles. The van der Waals surface area contributed by atoms with Crippen LogP contribution in [0.4, 0.5) is 13.2 Å². The molecular weight excluding hydrogens is 278 g/mol. The molecule has 0 radical (unpaired) electrons. The first-order valence-corrected chi connectivity index (χ1v) is 4.97. The number of aliphatic hydroxyl groups is 1. The van der Waals surface area contributed by atoms with Crippen LogP contribution in [0.25, 0.3) is 0 Å². The maximum absolute atomic E-state index is 12.4. The summed E-state index contributed by atoms with van der Waals surface area (Å²) in [7, 11) is 0. The normalized spacial score (nSPS) is 13.1. The van der Waals surface area contributed by atoms with E-state index in [1.165, 1.54) is 12.1 Å². The highest BCUT2D eigenvalue weighted by Crippen LogP contribution is 2.35. The number of benzene rings is 1. The van der Waals surface area contributed by atoms with Gasteiger partial charge in [0.1, 0.15) is 0 Å². The lowest BCUT2D eigenvalue weighted by atomic mass is 10.0. The number of hydrogen-bond acceptors (Lipinski definition) is 2. The zero-order valence-electron chi connectivity index (χ0n) is 8.67. The zero-order valence-corrected chi connectivity index (χ0v) is 10.2. The Balaban J connectivity index is 0.00000256. The number of aliphatic hydroxyl groups excluding tert-OH is 1. The lowest BCUT2D eigenvalue weighted by Gasteiger charge is -2.14. The van der Waals surface area contributed by atoms with Crippen molar-refractivity contribution >= 4 is 24.0 Å². The third-order valence-electron chi connectivity index (χ3n) is 2.17. The SMILES string of the molecule is Cl.N[C@H](CCO)c1ccc(C(F)(F)F)c(Cl)c1. The van der Waals surface area contributed by atoms with Gasteiger partial charge in [0, 0.05) is 12.6 Å². The van der Waals surface area contributed by atoms with E-state index in [0.717, 1.165) is 6.07 Å². The van der Waals surface area contributed by atoms with E-state index in [-0.39, 0.29) is 30.5 Å². The quantitative estimate of drug-likeness (QED) is 0.898. The highest BCUT2D eigenvalue weighted by molar-refractivity contribution is 6.31. The van der Waals surface area contributed by atoms with Crippen molar-refractivity contribution in [3.63, 3.8) is 0 Å². The van der Waals surface area contributed by atoms with Crippen LogP contribution < -0.4 is 5.73 Å². The number of halogens is 5. The lowest BCUT2D eigenvalue weighted by Crippen LogP contribution is -2.13. The summed E-state index contributed by atoms with van der Waals surface area (Å²) in [6, 6.07) is 2.85. The third kappa shape index (κ3) is 4.35. The fourth-order valence-corrected chi connectivity index (χ4v) is 1.59. The average molecular weight is 290 g/mol. The van der Waals surface area contributed by atoms with Crippen LogP contribution in [0.2, 0.25) is 5.02 Å². The Morgan fingerprint density at radius 2 is 1.94 bits per heavy atom. The summed E-state index contributed by atoms with van der Waals surface area (Å²) in [5.74, 6) is 0. The highest BCUT2D eigenvalue weighted by Gasteiger charge is 2.33. The number of alkyl halides is 3. The number of hydrogen-bond donors (Lipinski definition) is 2. The maximum Gasteiger partial charge on any atom is 0.417 e. The van der Waals surface area contributed by atoms with Gasteiger partial charge in [0.15, 0.2) is 0 Å². The molecule has 1 aromatic carbocycles. The molecule has 0 fully saturated rings. The number of nitrogens with two attached hydrogens (primary N) is 1. The molecular formula is C10H12Cl2F3NO. The van der Waals surface area contributed by atoms with Gasteiger partial charge < -0.3 is 10.8 Å². The molecule has 17 heavy (non-hydrogen) atoms. The van der Waals surface area contributed by atoms with E-state index < -0.39 is 17.8 Å². The van der Waals surface area contributed by atoms with Gasteiger partial charge in [0.25, 0.3) is 0 Å². The Morgan fingerprint density at radius 3 is 2.35 bits per heavy atom. The summed E-state index contributed by atoms with van der Waals surface area (Å²) in [5, 5.41) is 8.28. The van der Waals surface area contributed by atoms with E-state index in [2.05, 4.69) is 0 Å². The molecule has 0 spiro atoms. The second-order valence-electron chi connectivity index (χ2n) is 3.36. The van der Waals surface area contributed by atoms with Gasteiger partial charge in [-0.25, -0.2) is 0 Å². The van der Waals surface area contributed by atoms with Crippen molar-refractivity contribution in [2.75, 3.05) is 6.61 Å². The van der Waals surface area contributed by atoms with Crippen molar-refractivity contribution in [2.45, 2.75) is 18.6 Å². The van der Waals surface area contributed by atoms with Crippen molar-refractivity contribution in [1.29, 1.82) is 0 Å². The fourth-order valence-electron chi connectivity index (χ4n) is 1.30. The van der Waals surface area contributed by atoms with Gasteiger partial charge >= 0.3 is 6.18 Å². The third-order valence-corrected chi connectivity index (χ3v) is 2.48. The molecule has 3 N–H and O–H groups in total. The summed E-state index contributed by atoms with van der Waals surface area (Å²) >= 11 is 5.52. The maximum atomic E-state index is 12.4. The second kappa shape index (κ2) is 6.44. The average Bonchev–Trinajstić information content (AvgIpc) is 2.16. The van der Waals surface area contributed by atoms with Crippen LogP contribution in [0.15, 0.2) is 18.2 Å². The Labute approximate surface area is 108 Å². The molecule has 98 valence electrons. The minimum atomic E-state index is -4.46. The van der Waals surface area contributed by atoms with Crippen molar-refractivity contribution in [2.24, 2.45) is 5.73 Å². The Hall–Kier alpha value is -0.490. The topological polar surface area (TPSA) is 46.2 Å². The Kier molecular flexibility index (Phi) is 6.26. The summed E-state index contributed by atoms with van der Waals surface area (Å²) in [4.78, 5) is 0. The summed E-state index contributed by atoms with van der Waals surface area (Å²) in [5.41, 5.74) is 5.23. The second-order valence-corrected chi connectivity index (χ2v) is 3.76. The van der Waals surface area contributed by atoms with E-state index in [1.807, 2.05) is 0 Å². The molecule has 1 aromatic rings. The van der Waals surface area contributed by atoms with E-state index in [0.29, 0.717) is 5.56 Å². The van der Waals surface area contributed by atoms with Gasteiger partial charge in [0.05, 0.1) is 10.6 Å². The summed E-state index contributed by atoms with van der Waals surface area (Å²) in [6.45, 7) is -0.125. The van der Waals surface area contributed by atoms with Crippen LogP contribution in [-0.4, -0.2) is 11.7 Å². The van der Waals surface area contributed by atoms with Crippen LogP contribution in [0.1, 0.15) is 23.6 Å². The van der Waals surface area contributed by atoms with Gasteiger partial charge in [-0.15, -0.1) is 12.4 Å². The minimum Gasteiger partial charge on any atom is -0.396 e. The van der Waals surface area contributed by atoms with E-state index >= 15 is 0 Å². The molecule has 0 bridgehead atoms. The summed E-state index contributed by atoms with van der Waals surface area (Å²) in [6.07, 6.45) is -4.18. The van der Waals surface area contributed by atoms with Crippen LogP contribution >= 0.6 is 24.0 Å². The lowest BCUT2D eigenvalue weighted by molar-refractivity contribution is -0.137. The largest absolute Gasteiger partial charge is 0.417 e. The first-order chi connectivity index (χ1) is 7.36. The summed E-state index contributed by atoms with van der Waals surface area (Å²) < 4.78 is 37.1. The van der Waals surface area contributed by atoms with Gasteiger partial charge in [-0.1, -0.05) is 17.7 Å². The predicted octanol–water partition coefficient (Wildman–Crippen LogP) is 3.16. The zero-order chi connectivity index (χ0) is 12.3. The molecule has 0 aliphatic rings. The Morgan fingerprint density at radius 1 is 1.35 bits per heavy atom. The molecule has 0 aromatic heterocycles. The molecule has 0 saturated carbocycles. The highest BCUT2D eigenvalue weighted by atomic mass is 35.5. The van der Waals surface area contributed by atoms with Crippen molar-refractivity contribution in [3.8, 4) is 0 Å². The Bertz CT molecular complexity index is 371. The van der Waals surface area contributed by atoms with Crippen LogP contribution in [0, 0.1) is 0 Å². The standard InChI is InChI=1S/C10H11ClF3NO.ClH/c11-8-5-6(9(15)3-4-16)1-2-7(8)10(12,13)14;/h1-2,5,9,16H,3-4,15H2;1H/t9-;/m1./s1.